The Balaban J connectivity index is 1.72. The molecule has 0 radical (unpaired) electrons. The maximum Gasteiger partial charge on any atom is 0.251 e. The molecule has 5 nitrogen and oxygen atoms in total. The van der Waals surface area contributed by atoms with E-state index in [9.17, 15) is 13.2 Å². The Morgan fingerprint density at radius 3 is 2.31 bits per heavy atom. The fourth-order valence-corrected chi connectivity index (χ4v) is 4.98. The summed E-state index contributed by atoms with van der Waals surface area (Å²) in [4.78, 5) is 12.5. The first kappa shape index (κ1) is 21.6. The molecule has 0 aromatic heterocycles. The van der Waals surface area contributed by atoms with Gasteiger partial charge in [0.15, 0.2) is 0 Å². The summed E-state index contributed by atoms with van der Waals surface area (Å²) in [5.74, 6) is -0.0832. The van der Waals surface area contributed by atoms with Crippen LogP contribution < -0.4 is 5.32 Å². The molecule has 2 aromatic rings. The third kappa shape index (κ3) is 5.47. The summed E-state index contributed by atoms with van der Waals surface area (Å²) >= 11 is 5.87. The van der Waals surface area contributed by atoms with Gasteiger partial charge in [-0.15, -0.1) is 6.58 Å². The first-order chi connectivity index (χ1) is 13.9. The predicted molar refractivity (Wildman–Crippen MR) is 115 cm³/mol. The van der Waals surface area contributed by atoms with Crippen LogP contribution in [-0.4, -0.2) is 31.2 Å². The summed E-state index contributed by atoms with van der Waals surface area (Å²) in [6.45, 7) is 4.03. The van der Waals surface area contributed by atoms with Crippen molar-refractivity contribution >= 4 is 27.5 Å². The molecule has 154 valence electrons. The number of benzene rings is 2. The molecule has 29 heavy (non-hydrogen) atoms. The smallest absolute Gasteiger partial charge is 0.251 e. The molecule has 0 unspecified atom stereocenters. The van der Waals surface area contributed by atoms with Gasteiger partial charge >= 0.3 is 0 Å². The van der Waals surface area contributed by atoms with Crippen molar-refractivity contribution in [1.82, 2.24) is 9.62 Å². The summed E-state index contributed by atoms with van der Waals surface area (Å²) in [5.41, 5.74) is 1.37. The van der Waals surface area contributed by atoms with E-state index in [0.29, 0.717) is 10.6 Å². The molecule has 2 aromatic carbocycles. The second-order valence-electron chi connectivity index (χ2n) is 7.19. The molecular formula is C22H25ClN2O3S. The Hall–Kier alpha value is -2.15. The second kappa shape index (κ2) is 9.57. The van der Waals surface area contributed by atoms with E-state index in [2.05, 4.69) is 11.9 Å². The highest BCUT2D eigenvalue weighted by Gasteiger charge is 2.24. The lowest BCUT2D eigenvalue weighted by Crippen LogP contribution is -2.32. The number of hydrogen-bond donors (Lipinski definition) is 1. The number of nitrogens with zero attached hydrogens (tertiary/aromatic N) is 1. The first-order valence-electron chi connectivity index (χ1n) is 9.66. The highest BCUT2D eigenvalue weighted by Crippen LogP contribution is 2.21. The maximum absolute atomic E-state index is 13.0. The summed E-state index contributed by atoms with van der Waals surface area (Å²) in [6, 6.07) is 13.4. The third-order valence-electron chi connectivity index (χ3n) is 5.05. The zero-order valence-electron chi connectivity index (χ0n) is 16.2. The molecule has 3 rings (SSSR count). The van der Waals surface area contributed by atoms with Crippen LogP contribution in [0.25, 0.3) is 0 Å². The van der Waals surface area contributed by atoms with Gasteiger partial charge in [0.05, 0.1) is 4.90 Å². The monoisotopic (exact) mass is 432 g/mol. The van der Waals surface area contributed by atoms with Crippen LogP contribution in [0, 0.1) is 0 Å². The van der Waals surface area contributed by atoms with Crippen LogP contribution in [0.15, 0.2) is 66.1 Å². The van der Waals surface area contributed by atoms with Crippen molar-refractivity contribution < 1.29 is 13.2 Å². The molecule has 0 heterocycles. The minimum Gasteiger partial charge on any atom is -0.349 e. The van der Waals surface area contributed by atoms with Gasteiger partial charge in [-0.3, -0.25) is 4.79 Å². The Kier molecular flexibility index (Phi) is 7.11. The largest absolute Gasteiger partial charge is 0.349 e. The Morgan fingerprint density at radius 1 is 1.10 bits per heavy atom. The molecule has 1 fully saturated rings. The molecule has 1 aliphatic rings. The van der Waals surface area contributed by atoms with E-state index in [1.54, 1.807) is 42.5 Å². The lowest BCUT2D eigenvalue weighted by molar-refractivity contribution is 0.0938. The van der Waals surface area contributed by atoms with Gasteiger partial charge < -0.3 is 5.32 Å². The van der Waals surface area contributed by atoms with Gasteiger partial charge in [0.25, 0.3) is 5.91 Å². The van der Waals surface area contributed by atoms with Crippen molar-refractivity contribution in [3.05, 3.63) is 77.3 Å². The van der Waals surface area contributed by atoms with E-state index in [1.807, 2.05) is 0 Å². The van der Waals surface area contributed by atoms with Crippen molar-refractivity contribution in [2.24, 2.45) is 0 Å². The van der Waals surface area contributed by atoms with Gasteiger partial charge in [-0.2, -0.15) is 4.31 Å². The minimum atomic E-state index is -3.70. The lowest BCUT2D eigenvalue weighted by Gasteiger charge is -2.21. The molecule has 1 amide bonds. The molecule has 1 saturated carbocycles. The molecule has 7 heteroatoms. The Labute approximate surface area is 177 Å². The number of hydrogen-bond acceptors (Lipinski definition) is 3. The number of sulfonamides is 1. The van der Waals surface area contributed by atoms with E-state index < -0.39 is 10.0 Å². The SMILES string of the molecule is C=CCN(Cc1ccc(C(=O)NC2CCCC2)cc1)S(=O)(=O)c1ccc(Cl)cc1. The predicted octanol–water partition coefficient (Wildman–Crippen LogP) is 4.39. The van der Waals surface area contributed by atoms with Crippen LogP contribution >= 0.6 is 11.6 Å². The van der Waals surface area contributed by atoms with E-state index in [0.717, 1.165) is 31.2 Å². The standard InChI is InChI=1S/C22H25ClN2O3S/c1-2-15-25(29(27,28)21-13-11-19(23)12-14-21)16-17-7-9-18(10-8-17)22(26)24-20-5-3-4-6-20/h2,7-14,20H,1,3-6,15-16H2,(H,24,26). The van der Waals surface area contributed by atoms with Crippen molar-refractivity contribution in [1.29, 1.82) is 0 Å². The second-order valence-corrected chi connectivity index (χ2v) is 9.57. The van der Waals surface area contributed by atoms with E-state index in [-0.39, 0.29) is 29.9 Å². The minimum absolute atomic E-state index is 0.0832. The summed E-state index contributed by atoms with van der Waals surface area (Å²) in [6.07, 6.45) is 5.93. The highest BCUT2D eigenvalue weighted by molar-refractivity contribution is 7.89. The quantitative estimate of drug-likeness (QED) is 0.629. The average molecular weight is 433 g/mol. The molecular weight excluding hydrogens is 408 g/mol. The summed E-state index contributed by atoms with van der Waals surface area (Å²) in [5, 5.41) is 3.53. The maximum atomic E-state index is 13.0. The lowest BCUT2D eigenvalue weighted by atomic mass is 10.1. The van der Waals surface area contributed by atoms with E-state index in [4.69, 9.17) is 11.6 Å². The van der Waals surface area contributed by atoms with Gasteiger partial charge in [-0.05, 0) is 54.8 Å². The van der Waals surface area contributed by atoms with Gasteiger partial charge in [0.2, 0.25) is 10.0 Å². The zero-order chi connectivity index (χ0) is 20.9. The molecule has 1 aliphatic carbocycles. The summed E-state index contributed by atoms with van der Waals surface area (Å²) < 4.78 is 27.3. The van der Waals surface area contributed by atoms with Crippen molar-refractivity contribution in [3.63, 3.8) is 0 Å². The van der Waals surface area contributed by atoms with Crippen LogP contribution in [0.1, 0.15) is 41.6 Å². The molecule has 0 spiro atoms. The topological polar surface area (TPSA) is 66.5 Å². The zero-order valence-corrected chi connectivity index (χ0v) is 17.8. The number of carbonyl (C=O) groups is 1. The average Bonchev–Trinajstić information content (AvgIpc) is 3.21. The normalized spacial score (nSPS) is 14.8. The highest BCUT2D eigenvalue weighted by atomic mass is 35.5. The van der Waals surface area contributed by atoms with Crippen LogP contribution in [0.4, 0.5) is 0 Å². The molecule has 0 saturated heterocycles. The van der Waals surface area contributed by atoms with Gasteiger partial charge in [-0.1, -0.05) is 42.7 Å². The fourth-order valence-electron chi connectivity index (χ4n) is 3.45. The van der Waals surface area contributed by atoms with Crippen LogP contribution in [0.2, 0.25) is 5.02 Å². The number of carbonyl (C=O) groups excluding carboxylic acids is 1. The number of halogens is 1. The number of nitrogens with one attached hydrogen (secondary N) is 1. The van der Waals surface area contributed by atoms with Crippen LogP contribution in [-0.2, 0) is 16.6 Å². The van der Waals surface area contributed by atoms with Gasteiger partial charge in [0.1, 0.15) is 0 Å². The molecule has 0 bridgehead atoms. The van der Waals surface area contributed by atoms with Crippen LogP contribution in [0.5, 0.6) is 0 Å². The van der Waals surface area contributed by atoms with Crippen molar-refractivity contribution in [2.75, 3.05) is 6.54 Å². The summed E-state index contributed by atoms with van der Waals surface area (Å²) in [7, 11) is -3.70. The fraction of sp³-hybridized carbons (Fsp3) is 0.318. The number of rotatable bonds is 8. The third-order valence-corrected chi connectivity index (χ3v) is 7.13. The molecule has 0 aliphatic heterocycles. The van der Waals surface area contributed by atoms with E-state index in [1.165, 1.54) is 16.4 Å². The first-order valence-corrected chi connectivity index (χ1v) is 11.5. The number of amides is 1. The van der Waals surface area contributed by atoms with Gasteiger partial charge in [0, 0.05) is 29.7 Å². The Bertz CT molecular complexity index is 951. The van der Waals surface area contributed by atoms with Crippen molar-refractivity contribution in [2.45, 2.75) is 43.2 Å². The Morgan fingerprint density at radius 2 is 1.72 bits per heavy atom. The van der Waals surface area contributed by atoms with Crippen molar-refractivity contribution in [3.8, 4) is 0 Å². The molecule has 0 atom stereocenters. The molecule has 1 N–H and O–H groups in total. The van der Waals surface area contributed by atoms with Gasteiger partial charge in [-0.25, -0.2) is 8.42 Å². The van der Waals surface area contributed by atoms with Crippen LogP contribution in [0.3, 0.4) is 0 Å². The van der Waals surface area contributed by atoms with E-state index >= 15 is 0 Å².